The van der Waals surface area contributed by atoms with E-state index in [0.717, 1.165) is 19.6 Å². The Bertz CT molecular complexity index is 284. The molecule has 0 saturated carbocycles. The molecule has 1 rings (SSSR count). The van der Waals surface area contributed by atoms with Gasteiger partial charge in [0.25, 0.3) is 0 Å². The Kier molecular flexibility index (Phi) is 5.33. The normalized spacial score (nSPS) is 22.2. The smallest absolute Gasteiger partial charge is 0.321 e. The van der Waals surface area contributed by atoms with Gasteiger partial charge in [-0.2, -0.15) is 0 Å². The SMILES string of the molecule is CNC(=O)NC(=O)CN1CCN(C)CC1CN. The third-order valence-electron chi connectivity index (χ3n) is 2.91. The number of rotatable bonds is 3. The number of likely N-dealkylation sites (N-methyl/N-ethyl adjacent to an activating group) is 1. The van der Waals surface area contributed by atoms with Crippen LogP contribution in [0.4, 0.5) is 4.79 Å². The number of carbonyl (C=O) groups excluding carboxylic acids is 2. The molecule has 1 fully saturated rings. The van der Waals surface area contributed by atoms with Crippen LogP contribution in [-0.2, 0) is 4.79 Å². The third kappa shape index (κ3) is 4.29. The van der Waals surface area contributed by atoms with Crippen LogP contribution in [0, 0.1) is 0 Å². The average Bonchev–Trinajstić information content (AvgIpc) is 2.31. The van der Waals surface area contributed by atoms with Gasteiger partial charge in [-0.15, -0.1) is 0 Å². The van der Waals surface area contributed by atoms with Crippen molar-refractivity contribution in [3.8, 4) is 0 Å². The molecule has 1 aliphatic heterocycles. The first-order valence-corrected chi connectivity index (χ1v) is 5.71. The van der Waals surface area contributed by atoms with Crippen LogP contribution in [0.3, 0.4) is 0 Å². The highest BCUT2D eigenvalue weighted by atomic mass is 16.2. The van der Waals surface area contributed by atoms with E-state index in [1.165, 1.54) is 7.05 Å². The van der Waals surface area contributed by atoms with E-state index in [0.29, 0.717) is 6.54 Å². The van der Waals surface area contributed by atoms with E-state index in [1.54, 1.807) is 0 Å². The first-order chi connectivity index (χ1) is 8.06. The van der Waals surface area contributed by atoms with Gasteiger partial charge < -0.3 is 16.0 Å². The first-order valence-electron chi connectivity index (χ1n) is 5.71. The molecule has 0 spiro atoms. The summed E-state index contributed by atoms with van der Waals surface area (Å²) in [6, 6.07) is -0.308. The Morgan fingerprint density at radius 3 is 2.71 bits per heavy atom. The molecule has 0 radical (unpaired) electrons. The van der Waals surface area contributed by atoms with Crippen molar-refractivity contribution in [3.63, 3.8) is 0 Å². The van der Waals surface area contributed by atoms with Crippen LogP contribution in [-0.4, -0.2) is 74.6 Å². The standard InChI is InChI=1S/C10H21N5O2/c1-12-10(17)13-9(16)7-15-4-3-14(2)6-8(15)5-11/h8H,3-7,11H2,1-2H3,(H2,12,13,16,17). The molecule has 0 aromatic carbocycles. The van der Waals surface area contributed by atoms with Crippen LogP contribution in [0.5, 0.6) is 0 Å². The number of nitrogens with one attached hydrogen (secondary N) is 2. The van der Waals surface area contributed by atoms with Crippen LogP contribution in [0.2, 0.25) is 0 Å². The van der Waals surface area contributed by atoms with Gasteiger partial charge in [0.05, 0.1) is 6.54 Å². The molecule has 98 valence electrons. The molecule has 1 heterocycles. The lowest BCUT2D eigenvalue weighted by atomic mass is 10.1. The molecule has 0 aliphatic carbocycles. The highest BCUT2D eigenvalue weighted by molar-refractivity contribution is 5.95. The molecule has 0 aromatic rings. The number of hydrogen-bond acceptors (Lipinski definition) is 5. The minimum Gasteiger partial charge on any atom is -0.341 e. The number of imide groups is 1. The van der Waals surface area contributed by atoms with E-state index in [1.807, 2.05) is 11.9 Å². The molecule has 0 bridgehead atoms. The van der Waals surface area contributed by atoms with Crippen molar-refractivity contribution in [2.24, 2.45) is 5.73 Å². The number of amides is 3. The number of hydrogen-bond donors (Lipinski definition) is 3. The van der Waals surface area contributed by atoms with Crippen molar-refractivity contribution < 1.29 is 9.59 Å². The fourth-order valence-corrected chi connectivity index (χ4v) is 1.89. The van der Waals surface area contributed by atoms with Crippen molar-refractivity contribution in [1.29, 1.82) is 0 Å². The van der Waals surface area contributed by atoms with Crippen LogP contribution >= 0.6 is 0 Å². The van der Waals surface area contributed by atoms with Crippen LogP contribution in [0.25, 0.3) is 0 Å². The Labute approximate surface area is 101 Å². The second kappa shape index (κ2) is 6.53. The monoisotopic (exact) mass is 243 g/mol. The first kappa shape index (κ1) is 13.9. The van der Waals surface area contributed by atoms with Gasteiger partial charge in [0, 0.05) is 39.3 Å². The lowest BCUT2D eigenvalue weighted by Gasteiger charge is -2.38. The summed E-state index contributed by atoms with van der Waals surface area (Å²) in [6.45, 7) is 3.27. The van der Waals surface area contributed by atoms with Crippen molar-refractivity contribution in [3.05, 3.63) is 0 Å². The number of nitrogens with zero attached hydrogens (tertiary/aromatic N) is 2. The van der Waals surface area contributed by atoms with Gasteiger partial charge in [-0.05, 0) is 7.05 Å². The van der Waals surface area contributed by atoms with Crippen molar-refractivity contribution in [1.82, 2.24) is 20.4 Å². The van der Waals surface area contributed by atoms with Gasteiger partial charge in [-0.3, -0.25) is 15.0 Å². The number of urea groups is 1. The van der Waals surface area contributed by atoms with E-state index in [4.69, 9.17) is 5.73 Å². The molecule has 1 atom stereocenters. The molecule has 1 unspecified atom stereocenters. The van der Waals surface area contributed by atoms with Gasteiger partial charge in [-0.25, -0.2) is 4.79 Å². The summed E-state index contributed by atoms with van der Waals surface area (Å²) >= 11 is 0. The van der Waals surface area contributed by atoms with Crippen LogP contribution in [0.1, 0.15) is 0 Å². The predicted octanol–water partition coefficient (Wildman–Crippen LogP) is -1.98. The predicted molar refractivity (Wildman–Crippen MR) is 64.5 cm³/mol. The molecule has 3 amide bonds. The molecule has 0 aromatic heterocycles. The summed E-state index contributed by atoms with van der Waals surface area (Å²) in [4.78, 5) is 26.7. The minimum atomic E-state index is -0.478. The molecule has 1 aliphatic rings. The number of piperazine rings is 1. The Hall–Kier alpha value is -1.18. The lowest BCUT2D eigenvalue weighted by molar-refractivity contribution is -0.122. The van der Waals surface area contributed by atoms with E-state index < -0.39 is 6.03 Å². The maximum atomic E-state index is 11.6. The summed E-state index contributed by atoms with van der Waals surface area (Å²) in [5.41, 5.74) is 5.68. The zero-order valence-electron chi connectivity index (χ0n) is 10.4. The molecule has 1 saturated heterocycles. The summed E-state index contributed by atoms with van der Waals surface area (Å²) in [5, 5.41) is 4.59. The summed E-state index contributed by atoms with van der Waals surface area (Å²) in [5.74, 6) is -0.299. The maximum Gasteiger partial charge on any atom is 0.321 e. The quantitative estimate of drug-likeness (QED) is 0.534. The Morgan fingerprint density at radius 1 is 1.41 bits per heavy atom. The highest BCUT2D eigenvalue weighted by Gasteiger charge is 2.25. The highest BCUT2D eigenvalue weighted by Crippen LogP contribution is 2.06. The summed E-state index contributed by atoms with van der Waals surface area (Å²) in [6.07, 6.45) is 0. The van der Waals surface area contributed by atoms with Gasteiger partial charge >= 0.3 is 6.03 Å². The van der Waals surface area contributed by atoms with Gasteiger partial charge in [-0.1, -0.05) is 0 Å². The Morgan fingerprint density at radius 2 is 2.12 bits per heavy atom. The maximum absolute atomic E-state index is 11.6. The molecular weight excluding hydrogens is 222 g/mol. The van der Waals surface area contributed by atoms with Gasteiger partial charge in [0.2, 0.25) is 5.91 Å². The second-order valence-electron chi connectivity index (χ2n) is 4.25. The fourth-order valence-electron chi connectivity index (χ4n) is 1.89. The molecule has 17 heavy (non-hydrogen) atoms. The van der Waals surface area contributed by atoms with Crippen molar-refractivity contribution in [2.75, 3.05) is 46.8 Å². The number of carbonyl (C=O) groups is 2. The fraction of sp³-hybridized carbons (Fsp3) is 0.800. The Balaban J connectivity index is 2.43. The summed E-state index contributed by atoms with van der Waals surface area (Å²) < 4.78 is 0. The van der Waals surface area contributed by atoms with Crippen molar-refractivity contribution in [2.45, 2.75) is 6.04 Å². The van der Waals surface area contributed by atoms with E-state index in [-0.39, 0.29) is 18.5 Å². The van der Waals surface area contributed by atoms with Crippen molar-refractivity contribution >= 4 is 11.9 Å². The topological polar surface area (TPSA) is 90.7 Å². The molecule has 4 N–H and O–H groups in total. The summed E-state index contributed by atoms with van der Waals surface area (Å²) in [7, 11) is 3.51. The van der Waals surface area contributed by atoms with Gasteiger partial charge in [0.1, 0.15) is 0 Å². The molecule has 7 nitrogen and oxygen atoms in total. The van der Waals surface area contributed by atoms with E-state index >= 15 is 0 Å². The lowest BCUT2D eigenvalue weighted by Crippen LogP contribution is -2.57. The largest absolute Gasteiger partial charge is 0.341 e. The molecule has 7 heteroatoms. The average molecular weight is 243 g/mol. The van der Waals surface area contributed by atoms with Crippen LogP contribution in [0.15, 0.2) is 0 Å². The van der Waals surface area contributed by atoms with Gasteiger partial charge in [0.15, 0.2) is 0 Å². The molecular formula is C10H21N5O2. The zero-order chi connectivity index (χ0) is 12.8. The zero-order valence-corrected chi connectivity index (χ0v) is 10.4. The van der Waals surface area contributed by atoms with Crippen LogP contribution < -0.4 is 16.4 Å². The second-order valence-corrected chi connectivity index (χ2v) is 4.25. The van der Waals surface area contributed by atoms with E-state index in [2.05, 4.69) is 15.5 Å². The number of nitrogens with two attached hydrogens (primary N) is 1. The minimum absolute atomic E-state index is 0.171. The van der Waals surface area contributed by atoms with E-state index in [9.17, 15) is 9.59 Å². The third-order valence-corrected chi connectivity index (χ3v) is 2.91.